The quantitative estimate of drug-likeness (QED) is 0.263. The molecule has 0 saturated heterocycles. The number of rotatable bonds is 7. The summed E-state index contributed by atoms with van der Waals surface area (Å²) >= 11 is 0. The lowest BCUT2D eigenvalue weighted by Gasteiger charge is -2.16. The summed E-state index contributed by atoms with van der Waals surface area (Å²) in [6.45, 7) is 2.68. The van der Waals surface area contributed by atoms with Crippen LogP contribution in [0.2, 0.25) is 0 Å². The maximum Gasteiger partial charge on any atom is 0.131 e. The zero-order valence-electron chi connectivity index (χ0n) is 15.5. The van der Waals surface area contributed by atoms with Gasteiger partial charge in [-0.2, -0.15) is 0 Å². The number of nitrogens with two attached hydrogens (primary N) is 1. The van der Waals surface area contributed by atoms with Crippen molar-refractivity contribution in [3.05, 3.63) is 70.7 Å². The molecule has 3 rings (SSSR count). The smallest absolute Gasteiger partial charge is 0.131 e. The number of hydrogen-bond acceptors (Lipinski definition) is 5. The number of nitrogens with zero attached hydrogens (tertiary/aromatic N) is 4. The molecule has 3 N–H and O–H groups in total. The van der Waals surface area contributed by atoms with Gasteiger partial charge in [0.2, 0.25) is 0 Å². The Morgan fingerprint density at radius 2 is 1.79 bits per heavy atom. The number of phenolic OH excluding ortho intramolecular Hbond substituents is 1. The topological polar surface area (TPSA) is 117 Å². The molecule has 0 fully saturated rings. The maximum atomic E-state index is 9.55. The van der Waals surface area contributed by atoms with Crippen LogP contribution in [0.5, 0.6) is 11.5 Å². The number of nitrogen functional groups attached to an aromatic ring is 1. The highest BCUT2D eigenvalue weighted by molar-refractivity contribution is 5.84. The molecule has 7 heteroatoms. The number of ether oxygens (including phenoxy) is 1. The minimum Gasteiger partial charge on any atom is -0.508 e. The minimum atomic E-state index is 0.224. The van der Waals surface area contributed by atoms with Gasteiger partial charge in [0, 0.05) is 22.2 Å². The predicted octanol–water partition coefficient (Wildman–Crippen LogP) is 4.95. The molecular weight excluding hydrogens is 354 g/mol. The highest BCUT2D eigenvalue weighted by Gasteiger charge is 2.15. The van der Waals surface area contributed by atoms with Crippen molar-refractivity contribution in [2.75, 3.05) is 18.9 Å². The van der Waals surface area contributed by atoms with E-state index in [9.17, 15) is 5.11 Å². The summed E-state index contributed by atoms with van der Waals surface area (Å²) < 4.78 is 5.55. The van der Waals surface area contributed by atoms with Crippen LogP contribution in [-0.2, 0) is 6.42 Å². The number of pyridine rings is 1. The Morgan fingerprint density at radius 3 is 2.43 bits per heavy atom. The summed E-state index contributed by atoms with van der Waals surface area (Å²) in [4.78, 5) is 7.09. The largest absolute Gasteiger partial charge is 0.508 e. The van der Waals surface area contributed by atoms with Crippen molar-refractivity contribution in [2.45, 2.75) is 13.3 Å². The first kappa shape index (κ1) is 19.1. The molecule has 0 bridgehead atoms. The van der Waals surface area contributed by atoms with E-state index in [1.165, 1.54) is 0 Å². The van der Waals surface area contributed by atoms with E-state index in [0.29, 0.717) is 18.2 Å². The van der Waals surface area contributed by atoms with Crippen LogP contribution >= 0.6 is 0 Å². The van der Waals surface area contributed by atoms with Crippen LogP contribution in [0.3, 0.4) is 0 Å². The summed E-state index contributed by atoms with van der Waals surface area (Å²) in [7, 11) is 0. The Morgan fingerprint density at radius 1 is 1.11 bits per heavy atom. The molecule has 2 aromatic carbocycles. The minimum absolute atomic E-state index is 0.224. The fourth-order valence-electron chi connectivity index (χ4n) is 3.11. The molecule has 1 heterocycles. The molecule has 0 aliphatic heterocycles. The van der Waals surface area contributed by atoms with Gasteiger partial charge in [-0.3, -0.25) is 0 Å². The zero-order chi connectivity index (χ0) is 19.9. The lowest BCUT2D eigenvalue weighted by atomic mass is 9.92. The van der Waals surface area contributed by atoms with Gasteiger partial charge in [-0.1, -0.05) is 36.3 Å². The second kappa shape index (κ2) is 8.79. The van der Waals surface area contributed by atoms with Crippen molar-refractivity contribution in [1.82, 2.24) is 4.98 Å². The summed E-state index contributed by atoms with van der Waals surface area (Å²) in [5, 5.41) is 13.0. The van der Waals surface area contributed by atoms with Crippen molar-refractivity contribution in [3.63, 3.8) is 0 Å². The van der Waals surface area contributed by atoms with E-state index in [0.717, 1.165) is 34.2 Å². The average Bonchev–Trinajstić information content (AvgIpc) is 2.72. The van der Waals surface area contributed by atoms with E-state index in [1.54, 1.807) is 18.3 Å². The van der Waals surface area contributed by atoms with Gasteiger partial charge in [-0.15, -0.1) is 0 Å². The average molecular weight is 375 g/mol. The third-order valence-corrected chi connectivity index (χ3v) is 4.41. The van der Waals surface area contributed by atoms with Gasteiger partial charge in [0.15, 0.2) is 0 Å². The molecule has 0 radical (unpaired) electrons. The molecular formula is C21H21N5O2. The van der Waals surface area contributed by atoms with Crippen LogP contribution in [0.4, 0.5) is 5.82 Å². The third kappa shape index (κ3) is 4.16. The van der Waals surface area contributed by atoms with Crippen LogP contribution in [0.25, 0.3) is 32.7 Å². The van der Waals surface area contributed by atoms with E-state index < -0.39 is 0 Å². The molecule has 28 heavy (non-hydrogen) atoms. The Kier molecular flexibility index (Phi) is 5.99. The summed E-state index contributed by atoms with van der Waals surface area (Å²) in [6.07, 6.45) is 2.56. The fourth-order valence-corrected chi connectivity index (χ4v) is 3.11. The number of anilines is 1. The first-order valence-corrected chi connectivity index (χ1v) is 8.95. The van der Waals surface area contributed by atoms with E-state index in [-0.39, 0.29) is 12.3 Å². The summed E-state index contributed by atoms with van der Waals surface area (Å²) in [5.41, 5.74) is 19.4. The van der Waals surface area contributed by atoms with Crippen molar-refractivity contribution in [1.29, 1.82) is 0 Å². The van der Waals surface area contributed by atoms with Gasteiger partial charge in [0.1, 0.15) is 17.3 Å². The van der Waals surface area contributed by atoms with Crippen LogP contribution in [0.15, 0.2) is 59.8 Å². The Balaban J connectivity index is 1.96. The molecule has 0 aliphatic rings. The molecule has 1 aromatic heterocycles. The fraction of sp³-hybridized carbons (Fsp3) is 0.190. The van der Waals surface area contributed by atoms with E-state index >= 15 is 0 Å². The van der Waals surface area contributed by atoms with Crippen molar-refractivity contribution in [3.8, 4) is 33.8 Å². The molecule has 0 aliphatic carbocycles. The SMILES string of the molecule is CCc1c(-c2ccc(O)cc2)cnc(N)c1-c1ccc(OCCN=[N+]=[N-])cc1. The third-order valence-electron chi connectivity index (χ3n) is 4.41. The highest BCUT2D eigenvalue weighted by atomic mass is 16.5. The van der Waals surface area contributed by atoms with Gasteiger partial charge in [-0.05, 0) is 52.9 Å². The zero-order valence-corrected chi connectivity index (χ0v) is 15.5. The number of benzene rings is 2. The van der Waals surface area contributed by atoms with E-state index in [1.807, 2.05) is 36.4 Å². The first-order valence-electron chi connectivity index (χ1n) is 8.95. The Bertz CT molecular complexity index is 995. The van der Waals surface area contributed by atoms with Gasteiger partial charge in [-0.25, -0.2) is 4.98 Å². The van der Waals surface area contributed by atoms with Gasteiger partial charge in [0.05, 0.1) is 13.2 Å². The predicted molar refractivity (Wildman–Crippen MR) is 110 cm³/mol. The van der Waals surface area contributed by atoms with E-state index in [2.05, 4.69) is 21.9 Å². The number of aromatic nitrogens is 1. The summed E-state index contributed by atoms with van der Waals surface area (Å²) in [5.74, 6) is 1.38. The monoisotopic (exact) mass is 375 g/mol. The number of phenols is 1. The van der Waals surface area contributed by atoms with Crippen LogP contribution < -0.4 is 10.5 Å². The molecule has 0 spiro atoms. The molecule has 0 unspecified atom stereocenters. The Labute approximate surface area is 163 Å². The second-order valence-corrected chi connectivity index (χ2v) is 6.14. The van der Waals surface area contributed by atoms with Crippen molar-refractivity contribution >= 4 is 5.82 Å². The first-order chi connectivity index (χ1) is 13.6. The molecule has 0 amide bonds. The van der Waals surface area contributed by atoms with Crippen LogP contribution in [0.1, 0.15) is 12.5 Å². The lowest BCUT2D eigenvalue weighted by molar-refractivity contribution is 0.328. The molecule has 0 saturated carbocycles. The second-order valence-electron chi connectivity index (χ2n) is 6.14. The van der Waals surface area contributed by atoms with Gasteiger partial charge in [0.25, 0.3) is 0 Å². The van der Waals surface area contributed by atoms with Crippen LogP contribution in [0, 0.1) is 0 Å². The number of aromatic hydroxyl groups is 1. The van der Waals surface area contributed by atoms with Crippen molar-refractivity contribution < 1.29 is 9.84 Å². The Hall–Kier alpha value is -3.70. The standard InChI is InChI=1S/C21H21N5O2/c1-2-18-19(14-3-7-16(27)8-4-14)13-24-21(22)20(18)15-5-9-17(10-6-15)28-12-11-25-26-23/h3-10,13,27H,2,11-12H2,1H3,(H2,22,24). The van der Waals surface area contributed by atoms with E-state index in [4.69, 9.17) is 16.0 Å². The maximum absolute atomic E-state index is 9.55. The summed E-state index contributed by atoms with van der Waals surface area (Å²) in [6, 6.07) is 14.7. The normalized spacial score (nSPS) is 10.3. The molecule has 7 nitrogen and oxygen atoms in total. The van der Waals surface area contributed by atoms with Gasteiger partial charge >= 0.3 is 0 Å². The molecule has 3 aromatic rings. The molecule has 142 valence electrons. The molecule has 0 atom stereocenters. The lowest BCUT2D eigenvalue weighted by Crippen LogP contribution is -2.02. The number of azide groups is 1. The van der Waals surface area contributed by atoms with Crippen molar-refractivity contribution in [2.24, 2.45) is 5.11 Å². The number of hydrogen-bond donors (Lipinski definition) is 2. The van der Waals surface area contributed by atoms with Crippen LogP contribution in [-0.4, -0.2) is 23.2 Å². The highest BCUT2D eigenvalue weighted by Crippen LogP contribution is 2.36. The van der Waals surface area contributed by atoms with Gasteiger partial charge < -0.3 is 15.6 Å².